The fourth-order valence-electron chi connectivity index (χ4n) is 1.98. The summed E-state index contributed by atoms with van der Waals surface area (Å²) in [6.07, 6.45) is 3.32. The first-order chi connectivity index (χ1) is 7.68. The van der Waals surface area contributed by atoms with Gasteiger partial charge in [-0.25, -0.2) is 0 Å². The van der Waals surface area contributed by atoms with Gasteiger partial charge in [-0.3, -0.25) is 4.79 Å². The number of aromatic nitrogens is 2. The molecule has 0 spiro atoms. The summed E-state index contributed by atoms with van der Waals surface area (Å²) in [5, 5.41) is 7.81. The van der Waals surface area contributed by atoms with Gasteiger partial charge in [0, 0.05) is 12.6 Å². The lowest BCUT2D eigenvalue weighted by Crippen LogP contribution is -2.42. The highest BCUT2D eigenvalue weighted by Gasteiger charge is 2.25. The fourth-order valence-corrected chi connectivity index (χ4v) is 2.08. The molecule has 0 aliphatic carbocycles. The van der Waals surface area contributed by atoms with Crippen molar-refractivity contribution in [3.8, 4) is 0 Å². The molecule has 0 bridgehead atoms. The zero-order chi connectivity index (χ0) is 11.5. The van der Waals surface area contributed by atoms with E-state index in [0.29, 0.717) is 16.9 Å². The summed E-state index contributed by atoms with van der Waals surface area (Å²) in [7, 11) is 0. The van der Waals surface area contributed by atoms with Gasteiger partial charge in [-0.05, 0) is 38.3 Å². The van der Waals surface area contributed by atoms with Crippen molar-refractivity contribution in [2.75, 3.05) is 6.54 Å². The fraction of sp³-hybridized carbons (Fsp3) is 0.545. The summed E-state index contributed by atoms with van der Waals surface area (Å²) in [5.41, 5.74) is 0.373. The number of hydrogen-bond acceptors (Lipinski definition) is 3. The molecule has 1 fully saturated rings. The van der Waals surface area contributed by atoms with E-state index < -0.39 is 0 Å². The lowest BCUT2D eigenvalue weighted by molar-refractivity contribution is 0.0628. The van der Waals surface area contributed by atoms with Gasteiger partial charge in [0.05, 0.1) is 0 Å². The summed E-state index contributed by atoms with van der Waals surface area (Å²) < 4.78 is 0. The molecular formula is C11H14ClN3O. The van der Waals surface area contributed by atoms with Crippen molar-refractivity contribution in [3.05, 3.63) is 23.0 Å². The smallest absolute Gasteiger partial charge is 0.274 e. The molecule has 2 rings (SSSR count). The predicted octanol–water partition coefficient (Wildman–Crippen LogP) is 2.14. The lowest BCUT2D eigenvalue weighted by atomic mass is 10.0. The van der Waals surface area contributed by atoms with Gasteiger partial charge in [0.15, 0.2) is 10.8 Å². The van der Waals surface area contributed by atoms with E-state index in [1.54, 1.807) is 12.1 Å². The minimum atomic E-state index is -0.0450. The van der Waals surface area contributed by atoms with Crippen LogP contribution in [0.2, 0.25) is 5.15 Å². The van der Waals surface area contributed by atoms with Gasteiger partial charge in [0.2, 0.25) is 0 Å². The van der Waals surface area contributed by atoms with Gasteiger partial charge in [-0.2, -0.15) is 0 Å². The van der Waals surface area contributed by atoms with Crippen molar-refractivity contribution in [1.82, 2.24) is 15.1 Å². The van der Waals surface area contributed by atoms with Crippen LogP contribution < -0.4 is 0 Å². The second-order valence-electron chi connectivity index (χ2n) is 4.08. The van der Waals surface area contributed by atoms with Crippen LogP contribution >= 0.6 is 11.6 Å². The SMILES string of the molecule is CC1CCCCN1C(=O)c1ccc(Cl)nn1. The van der Waals surface area contributed by atoms with Crippen molar-refractivity contribution in [2.45, 2.75) is 32.2 Å². The molecule has 0 N–H and O–H groups in total. The van der Waals surface area contributed by atoms with Crippen LogP contribution in [0.25, 0.3) is 0 Å². The average molecular weight is 240 g/mol. The zero-order valence-electron chi connectivity index (χ0n) is 9.19. The van der Waals surface area contributed by atoms with E-state index in [-0.39, 0.29) is 5.91 Å². The minimum absolute atomic E-state index is 0.0450. The second-order valence-corrected chi connectivity index (χ2v) is 4.47. The van der Waals surface area contributed by atoms with Crippen molar-refractivity contribution in [1.29, 1.82) is 0 Å². The number of carbonyl (C=O) groups excluding carboxylic acids is 1. The maximum atomic E-state index is 12.1. The van der Waals surface area contributed by atoms with Crippen molar-refractivity contribution >= 4 is 17.5 Å². The first-order valence-electron chi connectivity index (χ1n) is 5.48. The van der Waals surface area contributed by atoms with Crippen LogP contribution in [0.4, 0.5) is 0 Å². The molecular weight excluding hydrogens is 226 g/mol. The largest absolute Gasteiger partial charge is 0.335 e. The van der Waals surface area contributed by atoms with Crippen LogP contribution in [0.15, 0.2) is 12.1 Å². The molecule has 0 saturated carbocycles. The van der Waals surface area contributed by atoms with Gasteiger partial charge < -0.3 is 4.90 Å². The number of piperidine rings is 1. The molecule has 4 nitrogen and oxygen atoms in total. The Kier molecular flexibility index (Phi) is 3.39. The van der Waals surface area contributed by atoms with Crippen LogP contribution in [0.5, 0.6) is 0 Å². The van der Waals surface area contributed by atoms with Gasteiger partial charge in [-0.1, -0.05) is 11.6 Å². The first-order valence-corrected chi connectivity index (χ1v) is 5.86. The van der Waals surface area contributed by atoms with E-state index in [0.717, 1.165) is 19.4 Å². The number of rotatable bonds is 1. The Labute approximate surface area is 99.6 Å². The quantitative estimate of drug-likeness (QED) is 0.754. The van der Waals surface area contributed by atoms with Crippen molar-refractivity contribution in [2.24, 2.45) is 0 Å². The van der Waals surface area contributed by atoms with E-state index in [4.69, 9.17) is 11.6 Å². The third-order valence-corrected chi connectivity index (χ3v) is 3.12. The zero-order valence-corrected chi connectivity index (χ0v) is 9.94. The van der Waals surface area contributed by atoms with Crippen LogP contribution in [-0.4, -0.2) is 33.6 Å². The summed E-state index contributed by atoms with van der Waals surface area (Å²) in [6.45, 7) is 2.88. The molecule has 1 unspecified atom stereocenters. The molecule has 5 heteroatoms. The van der Waals surface area contributed by atoms with E-state index in [1.165, 1.54) is 6.42 Å². The monoisotopic (exact) mass is 239 g/mol. The molecule has 1 atom stereocenters. The molecule has 1 aliphatic rings. The molecule has 1 aromatic rings. The number of nitrogens with zero attached hydrogens (tertiary/aromatic N) is 3. The van der Waals surface area contributed by atoms with Gasteiger partial charge in [0.1, 0.15) is 0 Å². The summed E-state index contributed by atoms with van der Waals surface area (Å²) in [5.74, 6) is -0.0450. The Balaban J connectivity index is 2.14. The normalized spacial score (nSPS) is 20.9. The lowest BCUT2D eigenvalue weighted by Gasteiger charge is -2.32. The second kappa shape index (κ2) is 4.78. The Morgan fingerprint density at radius 3 is 2.88 bits per heavy atom. The van der Waals surface area contributed by atoms with Crippen LogP contribution in [0.3, 0.4) is 0 Å². The van der Waals surface area contributed by atoms with Crippen LogP contribution in [-0.2, 0) is 0 Å². The molecule has 86 valence electrons. The summed E-state index contributed by atoms with van der Waals surface area (Å²) in [6, 6.07) is 3.51. The molecule has 16 heavy (non-hydrogen) atoms. The maximum absolute atomic E-state index is 12.1. The van der Waals surface area contributed by atoms with Crippen LogP contribution in [0.1, 0.15) is 36.7 Å². The molecule has 1 saturated heterocycles. The molecule has 0 aromatic carbocycles. The number of halogens is 1. The Bertz CT molecular complexity index is 379. The molecule has 2 heterocycles. The Morgan fingerprint density at radius 1 is 1.44 bits per heavy atom. The van der Waals surface area contributed by atoms with Gasteiger partial charge >= 0.3 is 0 Å². The molecule has 1 amide bonds. The molecule has 1 aromatic heterocycles. The summed E-state index contributed by atoms with van der Waals surface area (Å²) in [4.78, 5) is 14.0. The van der Waals surface area contributed by atoms with Crippen molar-refractivity contribution in [3.63, 3.8) is 0 Å². The van der Waals surface area contributed by atoms with E-state index in [9.17, 15) is 4.79 Å². The van der Waals surface area contributed by atoms with E-state index in [1.807, 2.05) is 4.90 Å². The average Bonchev–Trinajstić information content (AvgIpc) is 2.30. The van der Waals surface area contributed by atoms with Gasteiger partial charge in [-0.15, -0.1) is 10.2 Å². The number of likely N-dealkylation sites (tertiary alicyclic amines) is 1. The first kappa shape index (κ1) is 11.3. The van der Waals surface area contributed by atoms with Crippen molar-refractivity contribution < 1.29 is 4.79 Å². The highest BCUT2D eigenvalue weighted by Crippen LogP contribution is 2.18. The maximum Gasteiger partial charge on any atom is 0.274 e. The highest BCUT2D eigenvalue weighted by atomic mass is 35.5. The number of hydrogen-bond donors (Lipinski definition) is 0. The standard InChI is InChI=1S/C11H14ClN3O/c1-8-4-2-3-7-15(8)11(16)9-5-6-10(12)14-13-9/h5-6,8H,2-4,7H2,1H3. The van der Waals surface area contributed by atoms with E-state index >= 15 is 0 Å². The molecule has 1 aliphatic heterocycles. The summed E-state index contributed by atoms with van der Waals surface area (Å²) >= 11 is 5.63. The predicted molar refractivity (Wildman–Crippen MR) is 61.4 cm³/mol. The Morgan fingerprint density at radius 2 is 2.25 bits per heavy atom. The van der Waals surface area contributed by atoms with Crippen LogP contribution in [0, 0.1) is 0 Å². The van der Waals surface area contributed by atoms with Gasteiger partial charge in [0.25, 0.3) is 5.91 Å². The topological polar surface area (TPSA) is 46.1 Å². The molecule has 0 radical (unpaired) electrons. The third kappa shape index (κ3) is 2.32. The number of carbonyl (C=O) groups is 1. The highest BCUT2D eigenvalue weighted by molar-refractivity contribution is 6.29. The Hall–Kier alpha value is -1.16. The minimum Gasteiger partial charge on any atom is -0.335 e. The number of amides is 1. The van der Waals surface area contributed by atoms with E-state index in [2.05, 4.69) is 17.1 Å². The third-order valence-electron chi connectivity index (χ3n) is 2.91.